The number of rotatable bonds is 4. The fraction of sp³-hybridized carbons (Fsp3) is 1.00. The highest BCUT2D eigenvalue weighted by Crippen LogP contribution is 2.12. The van der Waals surface area contributed by atoms with Crippen LogP contribution in [0.2, 0.25) is 0 Å². The lowest BCUT2D eigenvalue weighted by atomic mass is 10.8. The zero-order valence-corrected chi connectivity index (χ0v) is 7.36. The molecule has 0 N–H and O–H groups in total. The second-order valence-corrected chi connectivity index (χ2v) is 2.88. The van der Waals surface area contributed by atoms with Crippen molar-refractivity contribution in [3.8, 4) is 0 Å². The second-order valence-electron chi connectivity index (χ2n) is 1.40. The summed E-state index contributed by atoms with van der Waals surface area (Å²) < 4.78 is 9.85. The van der Waals surface area contributed by atoms with Crippen molar-refractivity contribution in [2.75, 3.05) is 13.2 Å². The van der Waals surface area contributed by atoms with Gasteiger partial charge in [-0.15, -0.1) is 0 Å². The molecule has 0 fully saturated rings. The Balaban J connectivity index is 3.43. The van der Waals surface area contributed by atoms with Crippen LogP contribution in [0.5, 0.6) is 0 Å². The molecule has 0 aliphatic carbocycles. The van der Waals surface area contributed by atoms with Crippen LogP contribution < -0.4 is 0 Å². The molecular weight excluding hydrogens is 156 g/mol. The van der Waals surface area contributed by atoms with E-state index in [2.05, 4.69) is 10.2 Å². The molecule has 2 nitrogen and oxygen atoms in total. The van der Waals surface area contributed by atoms with Crippen molar-refractivity contribution in [1.29, 1.82) is 0 Å². The van der Waals surface area contributed by atoms with Crippen molar-refractivity contribution in [3.05, 3.63) is 0 Å². The minimum Gasteiger partial charge on any atom is -0.342 e. The Morgan fingerprint density at radius 2 is 1.67 bits per heavy atom. The molecule has 0 unspecified atom stereocenters. The molecule has 0 bridgehead atoms. The van der Waals surface area contributed by atoms with Gasteiger partial charge in [-0.1, -0.05) is 11.6 Å². The molecule has 0 heterocycles. The first-order valence-electron chi connectivity index (χ1n) is 2.84. The van der Waals surface area contributed by atoms with Gasteiger partial charge in [0.25, 0.3) is 0 Å². The van der Waals surface area contributed by atoms with Gasteiger partial charge in [-0.2, -0.15) is 0 Å². The highest BCUT2D eigenvalue weighted by Gasteiger charge is 2.19. The summed E-state index contributed by atoms with van der Waals surface area (Å²) in [5.41, 5.74) is 0. The summed E-state index contributed by atoms with van der Waals surface area (Å²) in [5.74, 6) is 0. The largest absolute Gasteiger partial charge is 0.342 e. The van der Waals surface area contributed by atoms with E-state index in [1.807, 2.05) is 13.8 Å². The summed E-state index contributed by atoms with van der Waals surface area (Å²) in [6.45, 7) is 4.73. The number of ether oxygens (including phenoxy) is 2. The molecule has 3 radical (unpaired) electrons. The highest BCUT2D eigenvalue weighted by molar-refractivity contribution is 6.42. The lowest BCUT2D eigenvalue weighted by Gasteiger charge is -2.20. The maximum absolute atomic E-state index is 5.61. The molecule has 0 aromatic heterocycles. The normalized spacial score (nSPS) is 12.0. The second kappa shape index (κ2) is 4.28. The zero-order valence-electron chi connectivity index (χ0n) is 5.61. The average molecular weight is 166 g/mol. The molecule has 9 heavy (non-hydrogen) atoms. The summed E-state index contributed by atoms with van der Waals surface area (Å²) in [6.07, 6.45) is 0. The van der Waals surface area contributed by atoms with Crippen LogP contribution >= 0.6 is 11.6 Å². The van der Waals surface area contributed by atoms with Crippen LogP contribution in [0.4, 0.5) is 0 Å². The predicted octanol–water partition coefficient (Wildman–Crippen LogP) is 1.08. The van der Waals surface area contributed by atoms with Crippen LogP contribution in [0.1, 0.15) is 13.8 Å². The minimum atomic E-state index is -1.12. The summed E-state index contributed by atoms with van der Waals surface area (Å²) in [4.78, 5) is -1.12. The maximum atomic E-state index is 5.61. The first kappa shape index (κ1) is 9.43. The topological polar surface area (TPSA) is 18.5 Å². The van der Waals surface area contributed by atoms with Crippen molar-refractivity contribution < 1.29 is 9.47 Å². The van der Waals surface area contributed by atoms with E-state index in [-0.39, 0.29) is 0 Å². The number of alkyl halides is 1. The fourth-order valence-electron chi connectivity index (χ4n) is 0.413. The maximum Gasteiger partial charge on any atom is 0.218 e. The van der Waals surface area contributed by atoms with Crippen LogP contribution in [-0.4, -0.2) is 28.3 Å². The van der Waals surface area contributed by atoms with Crippen molar-refractivity contribution >= 4 is 21.8 Å². The first-order valence-corrected chi connectivity index (χ1v) is 3.72. The van der Waals surface area contributed by atoms with E-state index in [4.69, 9.17) is 21.1 Å². The van der Waals surface area contributed by atoms with Crippen LogP contribution in [0, 0.1) is 0 Å². The van der Waals surface area contributed by atoms with E-state index >= 15 is 0 Å². The van der Waals surface area contributed by atoms with Gasteiger partial charge in [0, 0.05) is 13.2 Å². The van der Waals surface area contributed by atoms with Crippen molar-refractivity contribution in [1.82, 2.24) is 0 Å². The van der Waals surface area contributed by atoms with E-state index in [1.165, 1.54) is 0 Å². The molecule has 4 heteroatoms. The van der Waals surface area contributed by atoms with Crippen LogP contribution in [-0.2, 0) is 9.47 Å². The lowest BCUT2D eigenvalue weighted by molar-refractivity contribution is -0.114. The van der Waals surface area contributed by atoms with Gasteiger partial charge in [0.05, 0.1) is 0 Å². The number of halogens is 1. The van der Waals surface area contributed by atoms with Crippen molar-refractivity contribution in [3.63, 3.8) is 0 Å². The van der Waals surface area contributed by atoms with E-state index in [1.54, 1.807) is 0 Å². The van der Waals surface area contributed by atoms with Gasteiger partial charge in [-0.05, 0) is 13.8 Å². The lowest BCUT2D eigenvalue weighted by Crippen LogP contribution is -2.29. The molecule has 0 atom stereocenters. The smallest absolute Gasteiger partial charge is 0.218 e. The molecule has 0 rings (SSSR count). The SMILES string of the molecule is CCOC([Si])(Cl)OCC. The van der Waals surface area contributed by atoms with Gasteiger partial charge in [0.15, 0.2) is 0 Å². The average Bonchev–Trinajstić information content (AvgIpc) is 1.64. The van der Waals surface area contributed by atoms with Crippen LogP contribution in [0.3, 0.4) is 0 Å². The molecule has 0 saturated carbocycles. The van der Waals surface area contributed by atoms with Gasteiger partial charge in [-0.25, -0.2) is 0 Å². The van der Waals surface area contributed by atoms with Crippen LogP contribution in [0.15, 0.2) is 0 Å². The Morgan fingerprint density at radius 3 is 1.89 bits per heavy atom. The molecule has 0 aliphatic heterocycles. The molecule has 0 spiro atoms. The summed E-state index contributed by atoms with van der Waals surface area (Å²) in [6, 6.07) is 0. The third-order valence-corrected chi connectivity index (χ3v) is 1.17. The Bertz CT molecular complexity index is 69.4. The van der Waals surface area contributed by atoms with E-state index < -0.39 is 4.87 Å². The van der Waals surface area contributed by atoms with Gasteiger partial charge >= 0.3 is 0 Å². The Morgan fingerprint density at radius 1 is 1.33 bits per heavy atom. The van der Waals surface area contributed by atoms with Crippen molar-refractivity contribution in [2.24, 2.45) is 0 Å². The molecule has 0 aromatic carbocycles. The van der Waals surface area contributed by atoms with E-state index in [9.17, 15) is 0 Å². The van der Waals surface area contributed by atoms with E-state index in [0.717, 1.165) is 0 Å². The third kappa shape index (κ3) is 4.90. The summed E-state index contributed by atoms with van der Waals surface area (Å²) in [5, 5.41) is 0. The number of hydrogen-bond donors (Lipinski definition) is 0. The van der Waals surface area contributed by atoms with E-state index in [0.29, 0.717) is 13.2 Å². The summed E-state index contributed by atoms with van der Waals surface area (Å²) >= 11 is 5.61. The molecule has 0 saturated heterocycles. The van der Waals surface area contributed by atoms with Gasteiger partial charge < -0.3 is 9.47 Å². The number of hydrogen-bond acceptors (Lipinski definition) is 2. The fourth-order valence-corrected chi connectivity index (χ4v) is 0.920. The zero-order chi connectivity index (χ0) is 7.33. The molecule has 0 aromatic rings. The van der Waals surface area contributed by atoms with Crippen LogP contribution in [0.25, 0.3) is 0 Å². The van der Waals surface area contributed by atoms with Gasteiger partial charge in [0.2, 0.25) is 4.87 Å². The highest BCUT2D eigenvalue weighted by atomic mass is 35.5. The quantitative estimate of drug-likeness (QED) is 0.353. The Kier molecular flexibility index (Phi) is 4.48. The summed E-state index contributed by atoms with van der Waals surface area (Å²) in [7, 11) is 3.07. The molecule has 0 aliphatic rings. The standard InChI is InChI=1S/C5H10ClO2Si/c1-3-7-5(6,9)8-4-2/h3-4H2,1-2H3. The monoisotopic (exact) mass is 165 g/mol. The third-order valence-electron chi connectivity index (χ3n) is 0.660. The molecular formula is C5H10ClO2Si. The van der Waals surface area contributed by atoms with Gasteiger partial charge in [0.1, 0.15) is 10.2 Å². The predicted molar refractivity (Wildman–Crippen MR) is 37.6 cm³/mol. The Labute approximate surface area is 63.9 Å². The first-order chi connectivity index (χ1) is 4.12. The molecule has 53 valence electrons. The van der Waals surface area contributed by atoms with Gasteiger partial charge in [-0.3, -0.25) is 0 Å². The molecule has 0 amide bonds. The van der Waals surface area contributed by atoms with Crippen molar-refractivity contribution in [2.45, 2.75) is 18.7 Å². The Hall–Kier alpha value is 0.427. The minimum absolute atomic E-state index is 0.521.